The number of nitro benzene ring substituents is 1. The van der Waals surface area contributed by atoms with Crippen LogP contribution in [0.5, 0.6) is 5.75 Å². The Hall–Kier alpha value is -3.86. The minimum absolute atomic E-state index is 0.0843. The second-order valence-corrected chi connectivity index (χ2v) is 5.16. The molecule has 26 heavy (non-hydrogen) atoms. The van der Waals surface area contributed by atoms with Gasteiger partial charge in [0.2, 0.25) is 0 Å². The van der Waals surface area contributed by atoms with Gasteiger partial charge in [0.05, 0.1) is 12.0 Å². The number of hydrogen-bond donors (Lipinski definition) is 2. The Kier molecular flexibility index (Phi) is 6.28. The van der Waals surface area contributed by atoms with E-state index in [2.05, 4.69) is 10.6 Å². The molecule has 2 aromatic rings. The van der Waals surface area contributed by atoms with Crippen molar-refractivity contribution in [3.63, 3.8) is 0 Å². The molecule has 0 spiro atoms. The van der Waals surface area contributed by atoms with Crippen LogP contribution < -0.4 is 15.4 Å². The van der Waals surface area contributed by atoms with Gasteiger partial charge in [0.15, 0.2) is 0 Å². The fourth-order valence-corrected chi connectivity index (χ4v) is 2.07. The molecular weight excluding hydrogens is 336 g/mol. The lowest BCUT2D eigenvalue weighted by atomic mass is 10.2. The third kappa shape index (κ3) is 5.07. The van der Waals surface area contributed by atoms with Gasteiger partial charge in [0.25, 0.3) is 11.6 Å². The second-order valence-electron chi connectivity index (χ2n) is 5.16. The summed E-state index contributed by atoms with van der Waals surface area (Å²) in [5.41, 5.74) is 1.08. The highest BCUT2D eigenvalue weighted by atomic mass is 16.6. The van der Waals surface area contributed by atoms with Gasteiger partial charge >= 0.3 is 0 Å². The Morgan fingerprint density at radius 3 is 2.65 bits per heavy atom. The number of rotatable bonds is 7. The summed E-state index contributed by atoms with van der Waals surface area (Å²) in [6.07, 6.45) is 1.32. The van der Waals surface area contributed by atoms with Crippen LogP contribution in [0.15, 0.2) is 60.3 Å². The van der Waals surface area contributed by atoms with Crippen LogP contribution in [-0.4, -0.2) is 17.9 Å². The molecule has 0 fully saturated rings. The third-order valence-corrected chi connectivity index (χ3v) is 3.39. The molecule has 0 aliphatic heterocycles. The van der Waals surface area contributed by atoms with Crippen molar-refractivity contribution in [1.29, 1.82) is 5.26 Å². The molecule has 0 saturated carbocycles. The van der Waals surface area contributed by atoms with E-state index in [1.54, 1.807) is 7.11 Å². The van der Waals surface area contributed by atoms with E-state index in [1.165, 1.54) is 30.5 Å². The highest BCUT2D eigenvalue weighted by molar-refractivity contribution is 6.06. The van der Waals surface area contributed by atoms with E-state index in [-0.39, 0.29) is 11.3 Å². The molecule has 0 bridgehead atoms. The minimum Gasteiger partial charge on any atom is -0.497 e. The monoisotopic (exact) mass is 352 g/mol. The number of amides is 1. The van der Waals surface area contributed by atoms with Gasteiger partial charge in [-0.05, 0) is 29.8 Å². The van der Waals surface area contributed by atoms with E-state index < -0.39 is 10.8 Å². The number of nitrogens with zero attached hydrogens (tertiary/aromatic N) is 2. The van der Waals surface area contributed by atoms with Crippen LogP contribution in [-0.2, 0) is 11.3 Å². The molecule has 0 heterocycles. The van der Waals surface area contributed by atoms with Crippen LogP contribution in [0.4, 0.5) is 11.4 Å². The lowest BCUT2D eigenvalue weighted by molar-refractivity contribution is -0.384. The van der Waals surface area contributed by atoms with Crippen LogP contribution in [0, 0.1) is 21.4 Å². The molecule has 0 aliphatic carbocycles. The predicted octanol–water partition coefficient (Wildman–Crippen LogP) is 2.74. The topological polar surface area (TPSA) is 117 Å². The van der Waals surface area contributed by atoms with Crippen LogP contribution in [0.2, 0.25) is 0 Å². The van der Waals surface area contributed by atoms with Gasteiger partial charge in [-0.3, -0.25) is 14.9 Å². The molecule has 2 N–H and O–H groups in total. The van der Waals surface area contributed by atoms with Gasteiger partial charge in [-0.15, -0.1) is 0 Å². The smallest absolute Gasteiger partial charge is 0.269 e. The molecule has 0 aromatic heterocycles. The lowest BCUT2D eigenvalue weighted by Crippen LogP contribution is -2.16. The summed E-state index contributed by atoms with van der Waals surface area (Å²) in [6, 6.07) is 14.5. The Morgan fingerprint density at radius 1 is 1.31 bits per heavy atom. The van der Waals surface area contributed by atoms with Gasteiger partial charge < -0.3 is 15.4 Å². The highest BCUT2D eigenvalue weighted by Crippen LogP contribution is 2.16. The maximum Gasteiger partial charge on any atom is 0.269 e. The van der Waals surface area contributed by atoms with Crippen molar-refractivity contribution in [1.82, 2.24) is 5.32 Å². The first kappa shape index (κ1) is 18.5. The number of benzene rings is 2. The van der Waals surface area contributed by atoms with Crippen LogP contribution in [0.25, 0.3) is 0 Å². The van der Waals surface area contributed by atoms with E-state index in [4.69, 9.17) is 10.00 Å². The first-order valence-corrected chi connectivity index (χ1v) is 7.56. The fraction of sp³-hybridized carbons (Fsp3) is 0.111. The van der Waals surface area contributed by atoms with E-state index in [0.717, 1.165) is 5.56 Å². The van der Waals surface area contributed by atoms with Crippen LogP contribution in [0.1, 0.15) is 5.56 Å². The number of nitrogens with one attached hydrogen (secondary N) is 2. The quantitative estimate of drug-likeness (QED) is 0.342. The molecule has 132 valence electrons. The molecule has 1 amide bonds. The summed E-state index contributed by atoms with van der Waals surface area (Å²) in [7, 11) is 1.57. The molecular formula is C18H16N4O4. The fourth-order valence-electron chi connectivity index (χ4n) is 2.07. The lowest BCUT2D eigenvalue weighted by Gasteiger charge is -2.06. The molecule has 8 nitrogen and oxygen atoms in total. The van der Waals surface area contributed by atoms with Gasteiger partial charge in [-0.25, -0.2) is 0 Å². The Labute approximate surface area is 149 Å². The molecule has 0 unspecified atom stereocenters. The van der Waals surface area contributed by atoms with Gasteiger partial charge in [0.1, 0.15) is 17.4 Å². The van der Waals surface area contributed by atoms with Crippen molar-refractivity contribution in [3.8, 4) is 11.8 Å². The SMILES string of the molecule is COc1cccc(CN/C=C(/C#N)C(=O)Nc2ccc([N+](=O)[O-])cc2)c1. The largest absolute Gasteiger partial charge is 0.497 e. The van der Waals surface area contributed by atoms with Crippen molar-refractivity contribution >= 4 is 17.3 Å². The normalized spacial score (nSPS) is 10.5. The molecule has 8 heteroatoms. The maximum absolute atomic E-state index is 12.1. The first-order valence-electron chi connectivity index (χ1n) is 7.56. The number of nitro groups is 1. The van der Waals surface area contributed by atoms with E-state index in [9.17, 15) is 14.9 Å². The van der Waals surface area contributed by atoms with Gasteiger partial charge in [-0.2, -0.15) is 5.26 Å². The van der Waals surface area contributed by atoms with Crippen molar-refractivity contribution in [2.24, 2.45) is 0 Å². The summed E-state index contributed by atoms with van der Waals surface area (Å²) < 4.78 is 5.13. The Morgan fingerprint density at radius 2 is 2.04 bits per heavy atom. The number of methoxy groups -OCH3 is 1. The summed E-state index contributed by atoms with van der Waals surface area (Å²) in [5, 5.41) is 25.2. The standard InChI is InChI=1S/C18H16N4O4/c1-26-17-4-2-3-13(9-17)11-20-12-14(10-19)18(23)21-15-5-7-16(8-6-15)22(24)25/h2-9,12,20H,11H2,1H3,(H,21,23)/b14-12-. The Balaban J connectivity index is 1.97. The number of anilines is 1. The zero-order valence-electron chi connectivity index (χ0n) is 13.9. The van der Waals surface area contributed by atoms with Crippen LogP contribution in [0.3, 0.4) is 0 Å². The highest BCUT2D eigenvalue weighted by Gasteiger charge is 2.10. The minimum atomic E-state index is -0.612. The number of carbonyl (C=O) groups excluding carboxylic acids is 1. The molecule has 2 aromatic carbocycles. The molecule has 0 radical (unpaired) electrons. The number of non-ortho nitro benzene ring substituents is 1. The maximum atomic E-state index is 12.1. The van der Waals surface area contributed by atoms with Gasteiger partial charge in [-0.1, -0.05) is 12.1 Å². The molecule has 0 atom stereocenters. The average Bonchev–Trinajstić information content (AvgIpc) is 2.65. The number of hydrogen-bond acceptors (Lipinski definition) is 6. The third-order valence-electron chi connectivity index (χ3n) is 3.39. The van der Waals surface area contributed by atoms with Crippen molar-refractivity contribution in [2.75, 3.05) is 12.4 Å². The number of nitriles is 1. The van der Waals surface area contributed by atoms with Gasteiger partial charge in [0, 0.05) is 30.6 Å². The van der Waals surface area contributed by atoms with E-state index >= 15 is 0 Å². The van der Waals surface area contributed by atoms with Crippen LogP contribution >= 0.6 is 0 Å². The molecule has 0 saturated heterocycles. The number of carbonyl (C=O) groups is 1. The van der Waals surface area contributed by atoms with Crippen molar-refractivity contribution < 1.29 is 14.5 Å². The zero-order valence-corrected chi connectivity index (χ0v) is 13.9. The number of ether oxygens (including phenoxy) is 1. The van der Waals surface area contributed by atoms with E-state index in [0.29, 0.717) is 18.0 Å². The summed E-state index contributed by atoms with van der Waals surface area (Å²) in [4.78, 5) is 22.2. The first-order chi connectivity index (χ1) is 12.5. The summed E-state index contributed by atoms with van der Waals surface area (Å²) in [5.74, 6) is 0.101. The second kappa shape index (κ2) is 8.84. The summed E-state index contributed by atoms with van der Waals surface area (Å²) in [6.45, 7) is 0.410. The molecule has 0 aliphatic rings. The van der Waals surface area contributed by atoms with Crippen molar-refractivity contribution in [2.45, 2.75) is 6.54 Å². The molecule has 2 rings (SSSR count). The van der Waals surface area contributed by atoms with E-state index in [1.807, 2.05) is 30.3 Å². The predicted molar refractivity (Wildman–Crippen MR) is 95.3 cm³/mol. The van der Waals surface area contributed by atoms with Crippen molar-refractivity contribution in [3.05, 3.63) is 76.0 Å². The summed E-state index contributed by atoms with van der Waals surface area (Å²) >= 11 is 0. The Bertz CT molecular complexity index is 870. The zero-order chi connectivity index (χ0) is 18.9. The average molecular weight is 352 g/mol.